The number of nitrogens with one attached hydrogen (secondary N) is 2. The topological polar surface area (TPSA) is 62.6 Å². The van der Waals surface area contributed by atoms with Crippen LogP contribution in [0.3, 0.4) is 0 Å². The van der Waals surface area contributed by atoms with Crippen LogP contribution in [0.5, 0.6) is 0 Å². The van der Waals surface area contributed by atoms with Crippen molar-refractivity contribution >= 4 is 34.1 Å². The second-order valence-corrected chi connectivity index (χ2v) is 8.69. The molecule has 2 N–H and O–H groups in total. The Morgan fingerprint density at radius 3 is 2.68 bits per heavy atom. The molecule has 2 aromatic rings. The maximum Gasteiger partial charge on any atom is 0.236 e. The Kier molecular flexibility index (Phi) is 6.28. The van der Waals surface area contributed by atoms with Crippen LogP contribution in [-0.4, -0.2) is 59.5 Å². The molecule has 25 heavy (non-hydrogen) atoms. The maximum absolute atomic E-state index is 12.7. The van der Waals surface area contributed by atoms with E-state index in [1.54, 1.807) is 4.90 Å². The number of carbonyl (C=O) groups is 1. The summed E-state index contributed by atoms with van der Waals surface area (Å²) in [6.07, 6.45) is 0. The molecule has 8 heteroatoms. The minimum Gasteiger partial charge on any atom is -0.363 e. The molecule has 1 aliphatic heterocycles. The first-order chi connectivity index (χ1) is 12.2. The number of benzene rings is 1. The van der Waals surface area contributed by atoms with Gasteiger partial charge in [0.25, 0.3) is 0 Å². The summed E-state index contributed by atoms with van der Waals surface area (Å²) in [4.78, 5) is 16.2. The number of anilines is 1. The van der Waals surface area contributed by atoms with E-state index in [0.717, 1.165) is 42.2 Å². The van der Waals surface area contributed by atoms with Gasteiger partial charge in [0.2, 0.25) is 11.0 Å². The van der Waals surface area contributed by atoms with Gasteiger partial charge in [-0.15, -0.1) is 10.2 Å². The van der Waals surface area contributed by atoms with Crippen LogP contribution >= 0.6 is 23.1 Å². The highest BCUT2D eigenvalue weighted by Crippen LogP contribution is 2.29. The molecule has 0 spiro atoms. The number of hydrogen-bond acceptors (Lipinski definition) is 6. The number of rotatable bonds is 6. The third-order valence-electron chi connectivity index (χ3n) is 4.32. The van der Waals surface area contributed by atoms with Crippen molar-refractivity contribution in [3.05, 3.63) is 35.9 Å². The predicted molar refractivity (Wildman–Crippen MR) is 102 cm³/mol. The Hall–Kier alpha value is -1.64. The molecule has 1 atom stereocenters. The first-order valence-electron chi connectivity index (χ1n) is 8.50. The number of hydrogen-bond donors (Lipinski definition) is 2. The highest BCUT2D eigenvalue weighted by molar-refractivity contribution is 8.02. The Bertz CT molecular complexity index is 685. The molecule has 1 saturated heterocycles. The minimum absolute atomic E-state index is 0.131. The van der Waals surface area contributed by atoms with E-state index in [-0.39, 0.29) is 11.2 Å². The summed E-state index contributed by atoms with van der Waals surface area (Å²) in [5.41, 5.74) is 1.36. The van der Waals surface area contributed by atoms with E-state index in [1.807, 2.05) is 24.9 Å². The molecule has 1 aromatic heterocycles. The standard InChI is InChI=1S/C17H23N5OS2/c1-13(24-17-20-19-16(18-2)25-17)15(23)22-10-8-21(9-11-22)12-14-6-4-3-5-7-14/h3-7,13H,8-12H2,1-2H3,(H,18,19)/p+1/t13-/m0/s1. The summed E-state index contributed by atoms with van der Waals surface area (Å²) in [6, 6.07) is 10.6. The summed E-state index contributed by atoms with van der Waals surface area (Å²) < 4.78 is 0.832. The van der Waals surface area contributed by atoms with Crippen LogP contribution < -0.4 is 10.2 Å². The summed E-state index contributed by atoms with van der Waals surface area (Å²) in [7, 11) is 1.82. The Morgan fingerprint density at radius 1 is 1.32 bits per heavy atom. The van der Waals surface area contributed by atoms with Crippen molar-refractivity contribution < 1.29 is 9.69 Å². The number of nitrogens with zero attached hydrogens (tertiary/aromatic N) is 3. The lowest BCUT2D eigenvalue weighted by Crippen LogP contribution is -3.13. The Balaban J connectivity index is 1.47. The lowest BCUT2D eigenvalue weighted by Gasteiger charge is -2.33. The molecular formula is C17H24N5OS2+. The van der Waals surface area contributed by atoms with Gasteiger partial charge in [-0.2, -0.15) is 0 Å². The zero-order valence-electron chi connectivity index (χ0n) is 14.6. The van der Waals surface area contributed by atoms with Gasteiger partial charge < -0.3 is 15.1 Å². The average Bonchev–Trinajstić information content (AvgIpc) is 3.10. The molecule has 0 aliphatic carbocycles. The monoisotopic (exact) mass is 378 g/mol. The van der Waals surface area contributed by atoms with Crippen molar-refractivity contribution in [3.8, 4) is 0 Å². The van der Waals surface area contributed by atoms with Gasteiger partial charge in [-0.25, -0.2) is 0 Å². The fraction of sp³-hybridized carbons (Fsp3) is 0.471. The third-order valence-corrected chi connectivity index (χ3v) is 6.44. The van der Waals surface area contributed by atoms with E-state index in [0.29, 0.717) is 0 Å². The van der Waals surface area contributed by atoms with Gasteiger partial charge in [-0.1, -0.05) is 53.4 Å². The fourth-order valence-corrected chi connectivity index (χ4v) is 4.86. The quantitative estimate of drug-likeness (QED) is 0.734. The second-order valence-electron chi connectivity index (χ2n) is 6.12. The highest BCUT2D eigenvalue weighted by Gasteiger charge is 2.28. The fourth-order valence-electron chi connectivity index (χ4n) is 2.92. The third kappa shape index (κ3) is 4.93. The highest BCUT2D eigenvalue weighted by atomic mass is 32.2. The van der Waals surface area contributed by atoms with Gasteiger partial charge in [0.1, 0.15) is 6.54 Å². The number of carbonyl (C=O) groups excluding carboxylic acids is 1. The van der Waals surface area contributed by atoms with Gasteiger partial charge in [0.15, 0.2) is 4.34 Å². The summed E-state index contributed by atoms with van der Waals surface area (Å²) >= 11 is 2.97. The van der Waals surface area contributed by atoms with Crippen molar-refractivity contribution in [2.24, 2.45) is 0 Å². The largest absolute Gasteiger partial charge is 0.363 e. The summed E-state index contributed by atoms with van der Waals surface area (Å²) in [5.74, 6) is 0.199. The average molecular weight is 379 g/mol. The molecule has 6 nitrogen and oxygen atoms in total. The van der Waals surface area contributed by atoms with Crippen molar-refractivity contribution in [2.75, 3.05) is 38.5 Å². The molecular weight excluding hydrogens is 354 g/mol. The Labute approximate surface area is 156 Å². The molecule has 1 fully saturated rings. The molecule has 2 heterocycles. The van der Waals surface area contributed by atoms with Crippen LogP contribution in [0.2, 0.25) is 0 Å². The van der Waals surface area contributed by atoms with Crippen LogP contribution in [0.15, 0.2) is 34.7 Å². The molecule has 0 radical (unpaired) electrons. The number of aromatic nitrogens is 2. The maximum atomic E-state index is 12.7. The first-order valence-corrected chi connectivity index (χ1v) is 10.2. The number of quaternary nitrogens is 1. The van der Waals surface area contributed by atoms with Crippen molar-refractivity contribution in [3.63, 3.8) is 0 Å². The number of thioether (sulfide) groups is 1. The van der Waals surface area contributed by atoms with Crippen LogP contribution in [0.4, 0.5) is 5.13 Å². The van der Waals surface area contributed by atoms with E-state index in [9.17, 15) is 4.79 Å². The SMILES string of the molecule is CNc1nnc(S[C@@H](C)C(=O)N2CC[NH+](Cc3ccccc3)CC2)s1. The zero-order chi connectivity index (χ0) is 17.6. The van der Waals surface area contributed by atoms with Gasteiger partial charge in [0.05, 0.1) is 31.4 Å². The van der Waals surface area contributed by atoms with Crippen molar-refractivity contribution in [2.45, 2.75) is 23.1 Å². The molecule has 3 rings (SSSR count). The normalized spacial score (nSPS) is 16.6. The lowest BCUT2D eigenvalue weighted by molar-refractivity contribution is -0.917. The molecule has 1 aliphatic rings. The molecule has 0 saturated carbocycles. The number of amides is 1. The van der Waals surface area contributed by atoms with E-state index >= 15 is 0 Å². The molecule has 1 amide bonds. The number of piperazine rings is 1. The molecule has 0 unspecified atom stereocenters. The van der Waals surface area contributed by atoms with Crippen molar-refractivity contribution in [1.29, 1.82) is 0 Å². The minimum atomic E-state index is -0.131. The Morgan fingerprint density at radius 2 is 2.04 bits per heavy atom. The van der Waals surface area contributed by atoms with Crippen LogP contribution in [0, 0.1) is 0 Å². The van der Waals surface area contributed by atoms with Gasteiger partial charge in [-0.3, -0.25) is 4.79 Å². The van der Waals surface area contributed by atoms with E-state index < -0.39 is 0 Å². The van der Waals surface area contributed by atoms with Gasteiger partial charge >= 0.3 is 0 Å². The summed E-state index contributed by atoms with van der Waals surface area (Å²) in [6.45, 7) is 6.64. The van der Waals surface area contributed by atoms with Crippen LogP contribution in [0.25, 0.3) is 0 Å². The van der Waals surface area contributed by atoms with Crippen molar-refractivity contribution in [1.82, 2.24) is 15.1 Å². The van der Waals surface area contributed by atoms with Crippen LogP contribution in [-0.2, 0) is 11.3 Å². The lowest BCUT2D eigenvalue weighted by atomic mass is 10.2. The van der Waals surface area contributed by atoms with E-state index in [1.165, 1.54) is 28.7 Å². The van der Waals surface area contributed by atoms with Crippen LogP contribution in [0.1, 0.15) is 12.5 Å². The van der Waals surface area contributed by atoms with Gasteiger partial charge in [0, 0.05) is 12.6 Å². The van der Waals surface area contributed by atoms with E-state index in [4.69, 9.17) is 0 Å². The smallest absolute Gasteiger partial charge is 0.236 e. The predicted octanol–water partition coefficient (Wildman–Crippen LogP) is 0.988. The zero-order valence-corrected chi connectivity index (χ0v) is 16.2. The summed E-state index contributed by atoms with van der Waals surface area (Å²) in [5, 5.41) is 11.7. The molecule has 134 valence electrons. The van der Waals surface area contributed by atoms with Gasteiger partial charge in [-0.05, 0) is 6.92 Å². The second kappa shape index (κ2) is 8.64. The molecule has 1 aromatic carbocycles. The molecule has 0 bridgehead atoms. The van der Waals surface area contributed by atoms with E-state index in [2.05, 4.69) is 39.8 Å². The first kappa shape index (κ1) is 18.2.